The quantitative estimate of drug-likeness (QED) is 0.472. The highest BCUT2D eigenvalue weighted by Crippen LogP contribution is 2.20. The molecule has 2 amide bonds. The van der Waals surface area contributed by atoms with Gasteiger partial charge >= 0.3 is 5.97 Å². The molecule has 1 rings (SSSR count). The van der Waals surface area contributed by atoms with Gasteiger partial charge in [-0.3, -0.25) is 9.59 Å². The van der Waals surface area contributed by atoms with Crippen LogP contribution < -0.4 is 11.1 Å². The fourth-order valence-electron chi connectivity index (χ4n) is 2.54. The molecule has 0 radical (unpaired) electrons. The van der Waals surface area contributed by atoms with Gasteiger partial charge in [0.25, 0.3) is 0 Å². The van der Waals surface area contributed by atoms with Crippen molar-refractivity contribution < 1.29 is 24.6 Å². The van der Waals surface area contributed by atoms with E-state index < -0.39 is 42.5 Å². The number of amides is 2. The fraction of sp³-hybridized carbons (Fsp3) is 0.786. The predicted molar refractivity (Wildman–Crippen MR) is 78.8 cm³/mol. The molecule has 1 heterocycles. The van der Waals surface area contributed by atoms with Gasteiger partial charge in [-0.2, -0.15) is 0 Å². The summed E-state index contributed by atoms with van der Waals surface area (Å²) in [6.07, 6.45) is 1.42. The molecule has 0 spiro atoms. The van der Waals surface area contributed by atoms with Gasteiger partial charge in [-0.05, 0) is 25.2 Å². The van der Waals surface area contributed by atoms with Gasteiger partial charge in [0.1, 0.15) is 18.1 Å². The summed E-state index contributed by atoms with van der Waals surface area (Å²) >= 11 is 0. The summed E-state index contributed by atoms with van der Waals surface area (Å²) in [5.74, 6) is -1.93. The highest BCUT2D eigenvalue weighted by molar-refractivity contribution is 5.92. The third-order valence-corrected chi connectivity index (χ3v) is 3.68. The average molecular weight is 315 g/mol. The van der Waals surface area contributed by atoms with E-state index in [0.717, 1.165) is 0 Å². The van der Waals surface area contributed by atoms with Crippen molar-refractivity contribution in [2.45, 2.75) is 51.2 Å². The first-order valence-corrected chi connectivity index (χ1v) is 7.48. The Morgan fingerprint density at radius 1 is 1.36 bits per heavy atom. The second kappa shape index (κ2) is 8.09. The number of carbonyl (C=O) groups is 3. The third kappa shape index (κ3) is 4.67. The Labute approximate surface area is 129 Å². The number of aliphatic hydroxyl groups is 1. The molecule has 0 unspecified atom stereocenters. The summed E-state index contributed by atoms with van der Waals surface area (Å²) in [4.78, 5) is 36.9. The average Bonchev–Trinajstić information content (AvgIpc) is 2.93. The molecule has 0 saturated carbocycles. The number of likely N-dealkylation sites (tertiary alicyclic amines) is 1. The second-order valence-corrected chi connectivity index (χ2v) is 6.01. The van der Waals surface area contributed by atoms with Crippen molar-refractivity contribution in [2.24, 2.45) is 11.7 Å². The summed E-state index contributed by atoms with van der Waals surface area (Å²) in [7, 11) is 0. The molecule has 8 heteroatoms. The minimum atomic E-state index is -1.10. The summed E-state index contributed by atoms with van der Waals surface area (Å²) in [5, 5.41) is 20.6. The van der Waals surface area contributed by atoms with E-state index >= 15 is 0 Å². The number of rotatable bonds is 7. The van der Waals surface area contributed by atoms with Crippen LogP contribution in [0.3, 0.4) is 0 Å². The number of aliphatic hydroxyl groups excluding tert-OH is 1. The standard InChI is InChI=1S/C14H25N3O5/c1-8(2)6-10(16-12(19)9(15)7-18)13(20)17-5-3-4-11(17)14(21)22/h8-11,18H,3-7,15H2,1-2H3,(H,16,19)(H,21,22)/t9-,10-,11+/m0/s1. The van der Waals surface area contributed by atoms with Gasteiger partial charge in [0, 0.05) is 6.54 Å². The SMILES string of the molecule is CC(C)C[C@H](NC(=O)[C@@H](N)CO)C(=O)N1CCC[C@@H]1C(=O)O. The van der Waals surface area contributed by atoms with Gasteiger partial charge < -0.3 is 26.2 Å². The lowest BCUT2D eigenvalue weighted by atomic mass is 10.0. The molecule has 8 nitrogen and oxygen atoms in total. The van der Waals surface area contributed by atoms with Crippen LogP contribution in [0.25, 0.3) is 0 Å². The highest BCUT2D eigenvalue weighted by atomic mass is 16.4. The van der Waals surface area contributed by atoms with Crippen LogP contribution in [0.4, 0.5) is 0 Å². The number of aliphatic carboxylic acids is 1. The maximum absolute atomic E-state index is 12.6. The Morgan fingerprint density at radius 2 is 2.00 bits per heavy atom. The summed E-state index contributed by atoms with van der Waals surface area (Å²) in [6, 6.07) is -2.77. The van der Waals surface area contributed by atoms with Gasteiger partial charge in [-0.15, -0.1) is 0 Å². The number of hydrogen-bond acceptors (Lipinski definition) is 5. The van der Waals surface area contributed by atoms with Crippen molar-refractivity contribution in [1.29, 1.82) is 0 Å². The van der Waals surface area contributed by atoms with Crippen molar-refractivity contribution in [3.63, 3.8) is 0 Å². The number of nitrogens with one attached hydrogen (secondary N) is 1. The molecule has 126 valence electrons. The Bertz CT molecular complexity index is 427. The van der Waals surface area contributed by atoms with E-state index in [1.54, 1.807) is 0 Å². The zero-order valence-electron chi connectivity index (χ0n) is 13.0. The fourth-order valence-corrected chi connectivity index (χ4v) is 2.54. The molecule has 1 aliphatic heterocycles. The molecule has 0 aromatic heterocycles. The van der Waals surface area contributed by atoms with E-state index in [1.165, 1.54) is 4.90 Å². The molecule has 0 aliphatic carbocycles. The van der Waals surface area contributed by atoms with Crippen LogP contribution in [0, 0.1) is 5.92 Å². The van der Waals surface area contributed by atoms with Gasteiger partial charge in [-0.25, -0.2) is 4.79 Å². The lowest BCUT2D eigenvalue weighted by Gasteiger charge is -2.28. The molecule has 1 saturated heterocycles. The number of carboxylic acid groups (broad SMARTS) is 1. The van der Waals surface area contributed by atoms with Crippen LogP contribution in [0.2, 0.25) is 0 Å². The van der Waals surface area contributed by atoms with Crippen LogP contribution in [-0.4, -0.2) is 64.2 Å². The van der Waals surface area contributed by atoms with Crippen molar-refractivity contribution in [2.75, 3.05) is 13.2 Å². The maximum atomic E-state index is 12.6. The molecule has 3 atom stereocenters. The summed E-state index contributed by atoms with van der Waals surface area (Å²) < 4.78 is 0. The Hall–Kier alpha value is -1.67. The minimum absolute atomic E-state index is 0.130. The Balaban J connectivity index is 2.84. The normalized spacial score (nSPS) is 20.8. The first-order chi connectivity index (χ1) is 10.3. The van der Waals surface area contributed by atoms with Crippen molar-refractivity contribution in [1.82, 2.24) is 10.2 Å². The van der Waals surface area contributed by atoms with E-state index in [1.807, 2.05) is 13.8 Å². The molecule has 0 bridgehead atoms. The zero-order valence-corrected chi connectivity index (χ0v) is 13.0. The lowest BCUT2D eigenvalue weighted by molar-refractivity contribution is -0.149. The predicted octanol–water partition coefficient (Wildman–Crippen LogP) is -1.09. The van der Waals surface area contributed by atoms with Gasteiger partial charge in [0.05, 0.1) is 6.61 Å². The number of carbonyl (C=O) groups excluding carboxylic acids is 2. The lowest BCUT2D eigenvalue weighted by Crippen LogP contribution is -2.55. The number of hydrogen-bond donors (Lipinski definition) is 4. The monoisotopic (exact) mass is 315 g/mol. The van der Waals surface area contributed by atoms with Crippen molar-refractivity contribution in [3.05, 3.63) is 0 Å². The minimum Gasteiger partial charge on any atom is -0.480 e. The third-order valence-electron chi connectivity index (χ3n) is 3.68. The molecule has 1 aliphatic rings. The van der Waals surface area contributed by atoms with E-state index in [0.29, 0.717) is 25.8 Å². The molecule has 0 aromatic carbocycles. The van der Waals surface area contributed by atoms with Crippen LogP contribution >= 0.6 is 0 Å². The van der Waals surface area contributed by atoms with E-state index in [4.69, 9.17) is 10.8 Å². The number of nitrogens with zero attached hydrogens (tertiary/aromatic N) is 1. The molecular formula is C14H25N3O5. The van der Waals surface area contributed by atoms with E-state index in [2.05, 4.69) is 5.32 Å². The highest BCUT2D eigenvalue weighted by Gasteiger charge is 2.38. The van der Waals surface area contributed by atoms with E-state index in [-0.39, 0.29) is 5.92 Å². The summed E-state index contributed by atoms with van der Waals surface area (Å²) in [5.41, 5.74) is 5.44. The number of carboxylic acids is 1. The summed E-state index contributed by atoms with van der Waals surface area (Å²) in [6.45, 7) is 3.65. The Morgan fingerprint density at radius 3 is 2.50 bits per heavy atom. The first kappa shape index (κ1) is 18.4. The molecule has 0 aromatic rings. The molecule has 1 fully saturated rings. The van der Waals surface area contributed by atoms with Crippen LogP contribution in [0.15, 0.2) is 0 Å². The van der Waals surface area contributed by atoms with Crippen LogP contribution in [-0.2, 0) is 14.4 Å². The second-order valence-electron chi connectivity index (χ2n) is 6.01. The van der Waals surface area contributed by atoms with Crippen molar-refractivity contribution >= 4 is 17.8 Å². The van der Waals surface area contributed by atoms with Gasteiger partial charge in [0.2, 0.25) is 11.8 Å². The largest absolute Gasteiger partial charge is 0.480 e. The maximum Gasteiger partial charge on any atom is 0.326 e. The van der Waals surface area contributed by atoms with Crippen molar-refractivity contribution in [3.8, 4) is 0 Å². The van der Waals surface area contributed by atoms with Gasteiger partial charge in [0.15, 0.2) is 0 Å². The first-order valence-electron chi connectivity index (χ1n) is 7.48. The van der Waals surface area contributed by atoms with Crippen LogP contribution in [0.1, 0.15) is 33.1 Å². The molecule has 5 N–H and O–H groups in total. The Kier molecular flexibility index (Phi) is 6.76. The molecule has 22 heavy (non-hydrogen) atoms. The zero-order chi connectivity index (χ0) is 16.9. The van der Waals surface area contributed by atoms with E-state index in [9.17, 15) is 19.5 Å². The molecular weight excluding hydrogens is 290 g/mol. The smallest absolute Gasteiger partial charge is 0.326 e. The number of nitrogens with two attached hydrogens (primary N) is 1. The van der Waals surface area contributed by atoms with Crippen LogP contribution in [0.5, 0.6) is 0 Å². The van der Waals surface area contributed by atoms with Gasteiger partial charge in [-0.1, -0.05) is 13.8 Å². The topological polar surface area (TPSA) is 133 Å².